The molecule has 0 radical (unpaired) electrons. The summed E-state index contributed by atoms with van der Waals surface area (Å²) in [6.07, 6.45) is 0. The molecule has 1 amide bonds. The van der Waals surface area contributed by atoms with Gasteiger partial charge in [-0.25, -0.2) is 14.8 Å². The van der Waals surface area contributed by atoms with E-state index in [1.165, 1.54) is 13.2 Å². The number of aryl methyl sites for hydroxylation is 1. The van der Waals surface area contributed by atoms with E-state index in [9.17, 15) is 14.4 Å². The molecular formula is C16H20N4O4S. The highest BCUT2D eigenvalue weighted by Crippen LogP contribution is 2.21. The first-order chi connectivity index (χ1) is 11.7. The summed E-state index contributed by atoms with van der Waals surface area (Å²) in [5.74, 6) is -0.789. The van der Waals surface area contributed by atoms with Gasteiger partial charge in [0.2, 0.25) is 5.91 Å². The zero-order valence-corrected chi connectivity index (χ0v) is 15.5. The van der Waals surface area contributed by atoms with Gasteiger partial charge in [-0.05, 0) is 33.8 Å². The van der Waals surface area contributed by atoms with Crippen molar-refractivity contribution in [3.05, 3.63) is 27.7 Å². The molecule has 2 rings (SSSR count). The van der Waals surface area contributed by atoms with Crippen molar-refractivity contribution >= 4 is 34.7 Å². The Hall–Kier alpha value is -2.42. The molecule has 8 nitrogen and oxygen atoms in total. The van der Waals surface area contributed by atoms with Crippen molar-refractivity contribution in [1.82, 2.24) is 20.3 Å². The Bertz CT molecular complexity index is 878. The number of fused-ring (bicyclic) bond motifs is 1. The lowest BCUT2D eigenvalue weighted by Gasteiger charge is -2.14. The first kappa shape index (κ1) is 18.9. The van der Waals surface area contributed by atoms with E-state index in [1.807, 2.05) is 13.8 Å². The predicted molar refractivity (Wildman–Crippen MR) is 94.8 cm³/mol. The van der Waals surface area contributed by atoms with Crippen LogP contribution in [0.25, 0.3) is 11.0 Å². The maximum Gasteiger partial charge on any atom is 0.338 e. The zero-order chi connectivity index (χ0) is 18.7. The van der Waals surface area contributed by atoms with Crippen LogP contribution in [0.3, 0.4) is 0 Å². The number of amides is 1. The summed E-state index contributed by atoms with van der Waals surface area (Å²) in [6.45, 7) is 7.15. The van der Waals surface area contributed by atoms with E-state index in [2.05, 4.69) is 20.3 Å². The van der Waals surface area contributed by atoms with Gasteiger partial charge in [0.25, 0.3) is 5.56 Å². The maximum atomic E-state index is 12.4. The van der Waals surface area contributed by atoms with Gasteiger partial charge >= 0.3 is 5.97 Å². The average molecular weight is 364 g/mol. The molecule has 0 aliphatic rings. The number of methoxy groups -OCH3 is 1. The van der Waals surface area contributed by atoms with Crippen LogP contribution >= 0.6 is 11.8 Å². The molecule has 9 heteroatoms. The van der Waals surface area contributed by atoms with Crippen molar-refractivity contribution in [2.75, 3.05) is 7.11 Å². The quantitative estimate of drug-likeness (QED) is 0.468. The van der Waals surface area contributed by atoms with Gasteiger partial charge in [-0.15, -0.1) is 0 Å². The molecule has 0 aliphatic carbocycles. The molecule has 2 aromatic rings. The Morgan fingerprint density at radius 2 is 1.96 bits per heavy atom. The SMILES string of the molecule is COC(=O)c1cc(C)nc2nc(SC(C)C(=O)NC(C)C)[nH]c(=O)c12. The molecular weight excluding hydrogens is 344 g/mol. The number of nitrogens with one attached hydrogen (secondary N) is 2. The van der Waals surface area contributed by atoms with Gasteiger partial charge < -0.3 is 15.0 Å². The zero-order valence-electron chi connectivity index (χ0n) is 14.7. The highest BCUT2D eigenvalue weighted by atomic mass is 32.2. The molecule has 0 saturated heterocycles. The predicted octanol–water partition coefficient (Wildman–Crippen LogP) is 1.42. The van der Waals surface area contributed by atoms with Crippen LogP contribution in [-0.2, 0) is 9.53 Å². The molecule has 134 valence electrons. The van der Waals surface area contributed by atoms with Crippen LogP contribution in [0.1, 0.15) is 36.8 Å². The van der Waals surface area contributed by atoms with E-state index in [1.54, 1.807) is 13.8 Å². The fourth-order valence-electron chi connectivity index (χ4n) is 2.19. The van der Waals surface area contributed by atoms with Crippen molar-refractivity contribution in [1.29, 1.82) is 0 Å². The van der Waals surface area contributed by atoms with Crippen molar-refractivity contribution in [3.8, 4) is 0 Å². The number of nitrogens with zero attached hydrogens (tertiary/aromatic N) is 2. The third-order valence-electron chi connectivity index (χ3n) is 3.28. The largest absolute Gasteiger partial charge is 0.465 e. The summed E-state index contributed by atoms with van der Waals surface area (Å²) in [4.78, 5) is 47.4. The number of rotatable bonds is 5. The fourth-order valence-corrected chi connectivity index (χ4v) is 3.00. The molecule has 1 atom stereocenters. The second kappa shape index (κ2) is 7.64. The standard InChI is InChI=1S/C16H20N4O4S/c1-7(2)17-13(21)9(4)25-16-19-12-11(14(22)20-16)10(15(23)24-5)6-8(3)18-12/h6-7,9H,1-5H3,(H,17,21)(H,18,19,20,22). The van der Waals surface area contributed by atoms with Crippen LogP contribution in [0, 0.1) is 6.92 Å². The number of hydrogen-bond acceptors (Lipinski definition) is 7. The van der Waals surface area contributed by atoms with E-state index in [0.29, 0.717) is 5.69 Å². The second-order valence-electron chi connectivity index (χ2n) is 5.80. The molecule has 25 heavy (non-hydrogen) atoms. The highest BCUT2D eigenvalue weighted by molar-refractivity contribution is 8.00. The summed E-state index contributed by atoms with van der Waals surface area (Å²) in [6, 6.07) is 1.50. The normalized spacial score (nSPS) is 12.2. The van der Waals surface area contributed by atoms with Crippen molar-refractivity contribution in [2.24, 2.45) is 0 Å². The van der Waals surface area contributed by atoms with Crippen LogP contribution in [0.15, 0.2) is 16.0 Å². The Kier molecular flexibility index (Phi) is 5.78. The molecule has 0 bridgehead atoms. The number of pyridine rings is 1. The third-order valence-corrected chi connectivity index (χ3v) is 4.26. The summed E-state index contributed by atoms with van der Waals surface area (Å²) in [7, 11) is 1.24. The molecule has 1 unspecified atom stereocenters. The van der Waals surface area contributed by atoms with Gasteiger partial charge in [0.1, 0.15) is 0 Å². The maximum absolute atomic E-state index is 12.4. The number of carbonyl (C=O) groups is 2. The van der Waals surface area contributed by atoms with Crippen molar-refractivity contribution in [2.45, 2.75) is 44.1 Å². The van der Waals surface area contributed by atoms with Gasteiger partial charge in [-0.2, -0.15) is 0 Å². The number of aromatic nitrogens is 3. The minimum atomic E-state index is -0.632. The van der Waals surface area contributed by atoms with E-state index in [4.69, 9.17) is 4.74 Å². The number of thioether (sulfide) groups is 1. The first-order valence-corrected chi connectivity index (χ1v) is 8.58. The Balaban J connectivity index is 2.44. The van der Waals surface area contributed by atoms with Crippen LogP contribution in [0.2, 0.25) is 0 Å². The monoisotopic (exact) mass is 364 g/mol. The number of esters is 1. The van der Waals surface area contributed by atoms with Crippen molar-refractivity contribution in [3.63, 3.8) is 0 Å². The summed E-state index contributed by atoms with van der Waals surface area (Å²) in [5, 5.41) is 2.68. The number of carbonyl (C=O) groups excluding carboxylic acids is 2. The van der Waals surface area contributed by atoms with E-state index in [0.717, 1.165) is 11.8 Å². The molecule has 0 aromatic carbocycles. The minimum Gasteiger partial charge on any atom is -0.465 e. The van der Waals surface area contributed by atoms with Gasteiger partial charge in [-0.3, -0.25) is 9.59 Å². The van der Waals surface area contributed by atoms with E-state index < -0.39 is 16.8 Å². The van der Waals surface area contributed by atoms with Crippen LogP contribution < -0.4 is 10.9 Å². The Morgan fingerprint density at radius 3 is 2.56 bits per heavy atom. The summed E-state index contributed by atoms with van der Waals surface area (Å²) >= 11 is 1.11. The lowest BCUT2D eigenvalue weighted by molar-refractivity contribution is -0.120. The first-order valence-electron chi connectivity index (χ1n) is 7.70. The molecule has 0 fully saturated rings. The van der Waals surface area contributed by atoms with Gasteiger partial charge in [0.05, 0.1) is 23.3 Å². The van der Waals surface area contributed by atoms with Gasteiger partial charge in [0.15, 0.2) is 10.8 Å². The van der Waals surface area contributed by atoms with E-state index >= 15 is 0 Å². The topological polar surface area (TPSA) is 114 Å². The van der Waals surface area contributed by atoms with Gasteiger partial charge in [-0.1, -0.05) is 11.8 Å². The molecule has 2 aromatic heterocycles. The number of aromatic amines is 1. The molecule has 2 N–H and O–H groups in total. The van der Waals surface area contributed by atoms with E-state index in [-0.39, 0.29) is 33.7 Å². The number of H-pyrrole nitrogens is 1. The van der Waals surface area contributed by atoms with Crippen LogP contribution in [-0.4, -0.2) is 45.2 Å². The molecule has 2 heterocycles. The average Bonchev–Trinajstić information content (AvgIpc) is 2.52. The summed E-state index contributed by atoms with van der Waals surface area (Å²) < 4.78 is 4.71. The Morgan fingerprint density at radius 1 is 1.28 bits per heavy atom. The minimum absolute atomic E-state index is 0.0195. The van der Waals surface area contributed by atoms with Crippen LogP contribution in [0.4, 0.5) is 0 Å². The lowest BCUT2D eigenvalue weighted by atomic mass is 10.1. The molecule has 0 saturated carbocycles. The van der Waals surface area contributed by atoms with Gasteiger partial charge in [0, 0.05) is 11.7 Å². The third kappa shape index (κ3) is 4.36. The fraction of sp³-hybridized carbons (Fsp3) is 0.438. The Labute approximate surface area is 148 Å². The molecule has 0 aliphatic heterocycles. The number of ether oxygens (including phenoxy) is 1. The second-order valence-corrected chi connectivity index (χ2v) is 7.13. The summed E-state index contributed by atoms with van der Waals surface area (Å²) in [5.41, 5.74) is 0.286. The smallest absolute Gasteiger partial charge is 0.338 e. The highest BCUT2D eigenvalue weighted by Gasteiger charge is 2.20. The van der Waals surface area contributed by atoms with Crippen molar-refractivity contribution < 1.29 is 14.3 Å². The molecule has 0 spiro atoms. The number of hydrogen-bond donors (Lipinski definition) is 2. The van der Waals surface area contributed by atoms with Crippen LogP contribution in [0.5, 0.6) is 0 Å². The lowest BCUT2D eigenvalue weighted by Crippen LogP contribution is -2.36.